The zero-order valence-corrected chi connectivity index (χ0v) is 13.2. The van der Waals surface area contributed by atoms with Gasteiger partial charge in [-0.1, -0.05) is 23.2 Å². The molecule has 1 atom stereocenters. The molecule has 0 aliphatic carbocycles. The van der Waals surface area contributed by atoms with Gasteiger partial charge in [0.05, 0.1) is 10.3 Å². The molecule has 0 saturated carbocycles. The first kappa shape index (κ1) is 17.1. The number of hydrogen-bond donors (Lipinski definition) is 2. The van der Waals surface area contributed by atoms with Crippen molar-refractivity contribution in [1.82, 2.24) is 5.32 Å². The summed E-state index contributed by atoms with van der Waals surface area (Å²) in [6, 6.07) is 5.08. The summed E-state index contributed by atoms with van der Waals surface area (Å²) in [4.78, 5) is 22.9. The third-order valence-electron chi connectivity index (χ3n) is 2.43. The van der Waals surface area contributed by atoms with Crippen molar-refractivity contribution in [2.24, 2.45) is 0 Å². The van der Waals surface area contributed by atoms with Crippen LogP contribution in [0.2, 0.25) is 10.0 Å². The highest BCUT2D eigenvalue weighted by atomic mass is 35.5. The lowest BCUT2D eigenvalue weighted by Gasteiger charge is -2.12. The third-order valence-corrected chi connectivity index (χ3v) is 4.27. The van der Waals surface area contributed by atoms with E-state index in [0.29, 0.717) is 23.0 Å². The molecule has 0 bridgehead atoms. The van der Waals surface area contributed by atoms with Crippen LogP contribution in [-0.2, 0) is 9.59 Å². The maximum Gasteiger partial charge on any atom is 0.303 e. The van der Waals surface area contributed by atoms with E-state index in [2.05, 4.69) is 5.32 Å². The van der Waals surface area contributed by atoms with Crippen LogP contribution in [0.5, 0.6) is 0 Å². The first-order valence-electron chi connectivity index (χ1n) is 6.01. The van der Waals surface area contributed by atoms with E-state index >= 15 is 0 Å². The van der Waals surface area contributed by atoms with Gasteiger partial charge in [0.25, 0.3) is 0 Å². The van der Waals surface area contributed by atoms with Gasteiger partial charge in [-0.05, 0) is 31.5 Å². The van der Waals surface area contributed by atoms with Crippen LogP contribution in [0.15, 0.2) is 23.1 Å². The van der Waals surface area contributed by atoms with Gasteiger partial charge in [0.1, 0.15) is 0 Å². The van der Waals surface area contributed by atoms with Gasteiger partial charge < -0.3 is 10.4 Å². The van der Waals surface area contributed by atoms with Gasteiger partial charge in [0, 0.05) is 22.9 Å². The summed E-state index contributed by atoms with van der Waals surface area (Å²) < 4.78 is 0. The maximum atomic E-state index is 11.8. The summed E-state index contributed by atoms with van der Waals surface area (Å²) in [5.41, 5.74) is 0. The summed E-state index contributed by atoms with van der Waals surface area (Å²) >= 11 is 13.2. The molecule has 1 rings (SSSR count). The van der Waals surface area contributed by atoms with Crippen LogP contribution >= 0.6 is 35.0 Å². The van der Waals surface area contributed by atoms with E-state index < -0.39 is 5.97 Å². The molecule has 1 aromatic rings. The fourth-order valence-corrected chi connectivity index (χ4v) is 2.84. The van der Waals surface area contributed by atoms with Crippen molar-refractivity contribution in [2.45, 2.75) is 29.9 Å². The fourth-order valence-electron chi connectivity index (χ4n) is 1.41. The zero-order chi connectivity index (χ0) is 15.1. The van der Waals surface area contributed by atoms with E-state index in [1.807, 2.05) is 0 Å². The Bertz CT molecular complexity index is 497. The van der Waals surface area contributed by atoms with Crippen molar-refractivity contribution in [2.75, 3.05) is 6.54 Å². The SMILES string of the molecule is CC(Sc1cc(Cl)ccc1Cl)C(=O)NCCCC(=O)O. The smallest absolute Gasteiger partial charge is 0.303 e. The van der Waals surface area contributed by atoms with Gasteiger partial charge in [-0.2, -0.15) is 0 Å². The summed E-state index contributed by atoms with van der Waals surface area (Å²) in [7, 11) is 0. The number of carbonyl (C=O) groups is 2. The Hall–Kier alpha value is -0.910. The van der Waals surface area contributed by atoms with Crippen LogP contribution in [0.4, 0.5) is 0 Å². The quantitative estimate of drug-likeness (QED) is 0.591. The number of carbonyl (C=O) groups excluding carboxylic acids is 1. The lowest BCUT2D eigenvalue weighted by atomic mass is 10.3. The van der Waals surface area contributed by atoms with Crippen molar-refractivity contribution >= 4 is 46.8 Å². The molecule has 0 spiro atoms. The summed E-state index contributed by atoms with van der Waals surface area (Å²) in [5.74, 6) is -1.02. The number of rotatable bonds is 7. The summed E-state index contributed by atoms with van der Waals surface area (Å²) in [5, 5.41) is 12.0. The molecule has 1 aromatic carbocycles. The number of hydrogen-bond acceptors (Lipinski definition) is 3. The van der Waals surface area contributed by atoms with Crippen molar-refractivity contribution < 1.29 is 14.7 Å². The van der Waals surface area contributed by atoms with Crippen molar-refractivity contribution in [3.8, 4) is 0 Å². The molecule has 20 heavy (non-hydrogen) atoms. The van der Waals surface area contributed by atoms with E-state index in [-0.39, 0.29) is 17.6 Å². The maximum absolute atomic E-state index is 11.8. The van der Waals surface area contributed by atoms with Crippen LogP contribution in [0.3, 0.4) is 0 Å². The van der Waals surface area contributed by atoms with E-state index in [0.717, 1.165) is 4.90 Å². The predicted octanol–water partition coefficient (Wildman–Crippen LogP) is 3.46. The minimum atomic E-state index is -0.868. The molecule has 0 saturated heterocycles. The molecule has 0 fully saturated rings. The van der Waals surface area contributed by atoms with E-state index in [1.165, 1.54) is 11.8 Å². The second kappa shape index (κ2) is 8.39. The highest BCUT2D eigenvalue weighted by Gasteiger charge is 2.15. The van der Waals surface area contributed by atoms with E-state index in [9.17, 15) is 9.59 Å². The molecule has 4 nitrogen and oxygen atoms in total. The molecule has 110 valence electrons. The van der Waals surface area contributed by atoms with Crippen LogP contribution in [-0.4, -0.2) is 28.8 Å². The number of nitrogens with one attached hydrogen (secondary N) is 1. The fraction of sp³-hybridized carbons (Fsp3) is 0.385. The average Bonchev–Trinajstić information content (AvgIpc) is 2.38. The average molecular weight is 336 g/mol. The normalized spacial score (nSPS) is 11.9. The lowest BCUT2D eigenvalue weighted by molar-refractivity contribution is -0.137. The Morgan fingerprint density at radius 1 is 1.40 bits per heavy atom. The Kier molecular flexibility index (Phi) is 7.19. The Morgan fingerprint density at radius 3 is 2.75 bits per heavy atom. The lowest BCUT2D eigenvalue weighted by Crippen LogP contribution is -2.31. The second-order valence-electron chi connectivity index (χ2n) is 4.12. The molecular formula is C13H15Cl2NO3S. The highest BCUT2D eigenvalue weighted by molar-refractivity contribution is 8.00. The molecule has 0 aliphatic heterocycles. The molecule has 2 N–H and O–H groups in total. The van der Waals surface area contributed by atoms with Crippen LogP contribution in [0.1, 0.15) is 19.8 Å². The predicted molar refractivity (Wildman–Crippen MR) is 81.7 cm³/mol. The largest absolute Gasteiger partial charge is 0.481 e. The van der Waals surface area contributed by atoms with Crippen molar-refractivity contribution in [1.29, 1.82) is 0 Å². The monoisotopic (exact) mass is 335 g/mol. The van der Waals surface area contributed by atoms with Crippen molar-refractivity contribution in [3.05, 3.63) is 28.2 Å². The third kappa shape index (κ3) is 6.03. The number of halogens is 2. The second-order valence-corrected chi connectivity index (χ2v) is 6.35. The zero-order valence-electron chi connectivity index (χ0n) is 10.9. The highest BCUT2D eigenvalue weighted by Crippen LogP contribution is 2.32. The summed E-state index contributed by atoms with van der Waals surface area (Å²) in [6.07, 6.45) is 0.457. The van der Waals surface area contributed by atoms with E-state index in [1.54, 1.807) is 25.1 Å². The van der Waals surface area contributed by atoms with Crippen LogP contribution < -0.4 is 5.32 Å². The number of benzene rings is 1. The van der Waals surface area contributed by atoms with Gasteiger partial charge in [0.15, 0.2) is 0 Å². The molecule has 7 heteroatoms. The first-order valence-corrected chi connectivity index (χ1v) is 7.65. The van der Waals surface area contributed by atoms with Crippen molar-refractivity contribution in [3.63, 3.8) is 0 Å². The van der Waals surface area contributed by atoms with Gasteiger partial charge in [0.2, 0.25) is 5.91 Å². The topological polar surface area (TPSA) is 66.4 Å². The summed E-state index contributed by atoms with van der Waals surface area (Å²) in [6.45, 7) is 2.10. The number of aliphatic carboxylic acids is 1. The number of carboxylic acids is 1. The standard InChI is InChI=1S/C13H15Cl2NO3S/c1-8(13(19)16-6-2-3-12(17)18)20-11-7-9(14)4-5-10(11)15/h4-5,7-8H,2-3,6H2,1H3,(H,16,19)(H,17,18). The number of thioether (sulfide) groups is 1. The molecule has 0 aliphatic rings. The number of amides is 1. The van der Waals surface area contributed by atoms with Gasteiger partial charge in [-0.15, -0.1) is 11.8 Å². The van der Waals surface area contributed by atoms with Gasteiger partial charge >= 0.3 is 5.97 Å². The molecule has 0 heterocycles. The minimum Gasteiger partial charge on any atom is -0.481 e. The minimum absolute atomic E-state index is 0.0436. The van der Waals surface area contributed by atoms with Gasteiger partial charge in [-0.3, -0.25) is 9.59 Å². The van der Waals surface area contributed by atoms with Crippen LogP contribution in [0, 0.1) is 0 Å². The van der Waals surface area contributed by atoms with Crippen LogP contribution in [0.25, 0.3) is 0 Å². The number of carboxylic acid groups (broad SMARTS) is 1. The molecule has 1 unspecified atom stereocenters. The molecular weight excluding hydrogens is 321 g/mol. The molecule has 1 amide bonds. The first-order chi connectivity index (χ1) is 9.40. The van der Waals surface area contributed by atoms with E-state index in [4.69, 9.17) is 28.3 Å². The van der Waals surface area contributed by atoms with Gasteiger partial charge in [-0.25, -0.2) is 0 Å². The molecule has 0 aromatic heterocycles. The molecule has 0 radical (unpaired) electrons. The Morgan fingerprint density at radius 2 is 2.10 bits per heavy atom. The Labute approximate surface area is 131 Å². The Balaban J connectivity index is 2.45.